The molecule has 3 aromatic rings. The first-order valence-corrected chi connectivity index (χ1v) is 10.2. The van der Waals surface area contributed by atoms with E-state index < -0.39 is 0 Å². The Balaban J connectivity index is 1.57. The van der Waals surface area contributed by atoms with Crippen molar-refractivity contribution in [3.05, 3.63) is 70.0 Å². The first-order chi connectivity index (χ1) is 13.1. The molecule has 0 unspecified atom stereocenters. The second kappa shape index (κ2) is 9.48. The second-order valence-electron chi connectivity index (χ2n) is 5.78. The minimum absolute atomic E-state index is 0.210. The summed E-state index contributed by atoms with van der Waals surface area (Å²) >= 11 is 4.82. The maximum absolute atomic E-state index is 12.1. The van der Waals surface area contributed by atoms with Crippen LogP contribution in [-0.2, 0) is 4.79 Å². The number of nitrogens with zero attached hydrogens (tertiary/aromatic N) is 1. The zero-order valence-electron chi connectivity index (χ0n) is 14.8. The second-order valence-corrected chi connectivity index (χ2v) is 7.56. The van der Waals surface area contributed by atoms with Crippen LogP contribution in [0.5, 0.6) is 5.75 Å². The van der Waals surface area contributed by atoms with Gasteiger partial charge < -0.3 is 4.74 Å². The van der Waals surface area contributed by atoms with E-state index in [0.29, 0.717) is 11.7 Å². The Morgan fingerprint density at radius 1 is 1.19 bits per heavy atom. The van der Waals surface area contributed by atoms with Gasteiger partial charge in [0, 0.05) is 21.5 Å². The van der Waals surface area contributed by atoms with Crippen LogP contribution in [0.3, 0.4) is 0 Å². The number of aromatic nitrogens is 1. The molecule has 0 aliphatic heterocycles. The number of hydrogen-bond acceptors (Lipinski definition) is 4. The van der Waals surface area contributed by atoms with Gasteiger partial charge in [-0.15, -0.1) is 11.3 Å². The lowest BCUT2D eigenvalue weighted by molar-refractivity contribution is -0.111. The fourth-order valence-corrected chi connectivity index (χ4v) is 3.29. The molecule has 0 bridgehead atoms. The lowest BCUT2D eigenvalue weighted by Gasteiger charge is -2.04. The normalized spacial score (nSPS) is 10.9. The summed E-state index contributed by atoms with van der Waals surface area (Å²) in [6.45, 7) is 2.77. The van der Waals surface area contributed by atoms with E-state index in [1.807, 2.05) is 53.9 Å². The number of anilines is 1. The Morgan fingerprint density at radius 3 is 2.63 bits per heavy atom. The molecule has 138 valence electrons. The Morgan fingerprint density at radius 2 is 1.93 bits per heavy atom. The Hall–Kier alpha value is -2.44. The van der Waals surface area contributed by atoms with Crippen molar-refractivity contribution in [2.24, 2.45) is 0 Å². The summed E-state index contributed by atoms with van der Waals surface area (Å²) in [6, 6.07) is 15.5. The van der Waals surface area contributed by atoms with Gasteiger partial charge in [-0.2, -0.15) is 0 Å². The van der Waals surface area contributed by atoms with E-state index in [0.717, 1.165) is 33.5 Å². The largest absolute Gasteiger partial charge is 0.494 e. The third-order valence-electron chi connectivity index (χ3n) is 3.65. The predicted octanol–water partition coefficient (Wildman–Crippen LogP) is 6.01. The van der Waals surface area contributed by atoms with E-state index in [2.05, 4.69) is 33.2 Å². The third kappa shape index (κ3) is 5.77. The third-order valence-corrected chi connectivity index (χ3v) is 4.94. The number of amides is 1. The van der Waals surface area contributed by atoms with E-state index in [-0.39, 0.29) is 5.91 Å². The number of ether oxygens (including phenoxy) is 1. The van der Waals surface area contributed by atoms with Crippen molar-refractivity contribution in [3.63, 3.8) is 0 Å². The highest BCUT2D eigenvalue weighted by atomic mass is 79.9. The number of carbonyl (C=O) groups is 1. The molecular weight excluding hydrogens is 424 g/mol. The van der Waals surface area contributed by atoms with E-state index >= 15 is 0 Å². The van der Waals surface area contributed by atoms with Crippen LogP contribution in [0.4, 0.5) is 5.13 Å². The fraction of sp³-hybridized carbons (Fsp3) is 0.143. The Labute approximate surface area is 171 Å². The summed E-state index contributed by atoms with van der Waals surface area (Å²) in [4.78, 5) is 16.6. The van der Waals surface area contributed by atoms with Crippen molar-refractivity contribution in [3.8, 4) is 17.0 Å². The van der Waals surface area contributed by atoms with Crippen molar-refractivity contribution in [1.82, 2.24) is 4.98 Å². The molecule has 1 N–H and O–H groups in total. The van der Waals surface area contributed by atoms with Crippen LogP contribution in [0, 0.1) is 0 Å². The molecule has 4 nitrogen and oxygen atoms in total. The van der Waals surface area contributed by atoms with E-state index in [9.17, 15) is 4.79 Å². The molecule has 0 spiro atoms. The molecule has 0 saturated heterocycles. The molecule has 2 aromatic carbocycles. The average molecular weight is 443 g/mol. The summed E-state index contributed by atoms with van der Waals surface area (Å²) in [6.07, 6.45) is 4.24. The van der Waals surface area contributed by atoms with Gasteiger partial charge in [0.15, 0.2) is 5.13 Å². The molecular formula is C21H19BrN2O2S. The first-order valence-electron chi connectivity index (χ1n) is 8.57. The van der Waals surface area contributed by atoms with Crippen LogP contribution >= 0.6 is 27.3 Å². The molecule has 0 aliphatic carbocycles. The molecule has 0 fully saturated rings. The van der Waals surface area contributed by atoms with Gasteiger partial charge in [-0.25, -0.2) is 4.98 Å². The van der Waals surface area contributed by atoms with Gasteiger partial charge in [-0.05, 0) is 42.3 Å². The van der Waals surface area contributed by atoms with Crippen LogP contribution < -0.4 is 10.1 Å². The van der Waals surface area contributed by atoms with Crippen LogP contribution in [0.1, 0.15) is 18.9 Å². The number of nitrogens with one attached hydrogen (secondary N) is 1. The van der Waals surface area contributed by atoms with E-state index in [1.54, 1.807) is 6.08 Å². The standard InChI is InChI=1S/C21H19BrN2O2S/c1-2-13-26-18-10-3-15(4-11-18)5-12-20(25)24-21-23-19(14-27-21)16-6-8-17(22)9-7-16/h3-12,14H,2,13H2,1H3,(H,23,24,25)/b12-5+. The van der Waals surface area contributed by atoms with Crippen molar-refractivity contribution < 1.29 is 9.53 Å². The van der Waals surface area contributed by atoms with E-state index in [1.165, 1.54) is 17.4 Å². The molecule has 1 heterocycles. The van der Waals surface area contributed by atoms with Crippen LogP contribution in [0.25, 0.3) is 17.3 Å². The molecule has 0 atom stereocenters. The molecule has 0 saturated carbocycles. The highest BCUT2D eigenvalue weighted by Gasteiger charge is 2.06. The highest BCUT2D eigenvalue weighted by molar-refractivity contribution is 9.10. The zero-order valence-corrected chi connectivity index (χ0v) is 17.2. The summed E-state index contributed by atoms with van der Waals surface area (Å²) < 4.78 is 6.57. The number of benzene rings is 2. The molecule has 6 heteroatoms. The number of hydrogen-bond donors (Lipinski definition) is 1. The SMILES string of the molecule is CCCOc1ccc(/C=C/C(=O)Nc2nc(-c3ccc(Br)cc3)cs2)cc1. The van der Waals surface area contributed by atoms with Crippen LogP contribution in [-0.4, -0.2) is 17.5 Å². The van der Waals surface area contributed by atoms with Crippen molar-refractivity contribution in [2.75, 3.05) is 11.9 Å². The van der Waals surface area contributed by atoms with Crippen molar-refractivity contribution >= 4 is 44.4 Å². The topological polar surface area (TPSA) is 51.2 Å². The van der Waals surface area contributed by atoms with Gasteiger partial charge in [0.25, 0.3) is 0 Å². The smallest absolute Gasteiger partial charge is 0.250 e. The van der Waals surface area contributed by atoms with Gasteiger partial charge in [0.05, 0.1) is 12.3 Å². The maximum Gasteiger partial charge on any atom is 0.250 e. The van der Waals surface area contributed by atoms with Gasteiger partial charge in [0.2, 0.25) is 5.91 Å². The van der Waals surface area contributed by atoms with Gasteiger partial charge >= 0.3 is 0 Å². The van der Waals surface area contributed by atoms with Crippen molar-refractivity contribution in [1.29, 1.82) is 0 Å². The summed E-state index contributed by atoms with van der Waals surface area (Å²) in [5.41, 5.74) is 2.79. The van der Waals surface area contributed by atoms with Gasteiger partial charge in [-0.3, -0.25) is 10.1 Å². The zero-order chi connectivity index (χ0) is 19.1. The Bertz CT molecular complexity index is 918. The van der Waals surface area contributed by atoms with Gasteiger partial charge in [0.1, 0.15) is 5.75 Å². The number of rotatable bonds is 7. The van der Waals surface area contributed by atoms with E-state index in [4.69, 9.17) is 4.74 Å². The van der Waals surface area contributed by atoms with Crippen LogP contribution in [0.15, 0.2) is 64.5 Å². The molecule has 0 aliphatic rings. The average Bonchev–Trinajstić information content (AvgIpc) is 3.14. The fourth-order valence-electron chi connectivity index (χ4n) is 2.30. The monoisotopic (exact) mass is 442 g/mol. The minimum atomic E-state index is -0.210. The Kier molecular flexibility index (Phi) is 6.79. The molecule has 27 heavy (non-hydrogen) atoms. The first kappa shape index (κ1) is 19.3. The summed E-state index contributed by atoms with van der Waals surface area (Å²) in [5.74, 6) is 0.625. The lowest BCUT2D eigenvalue weighted by Crippen LogP contribution is -2.07. The van der Waals surface area contributed by atoms with Crippen LogP contribution in [0.2, 0.25) is 0 Å². The lowest BCUT2D eigenvalue weighted by atomic mass is 10.2. The summed E-state index contributed by atoms with van der Waals surface area (Å²) in [5, 5.41) is 5.30. The molecule has 1 amide bonds. The van der Waals surface area contributed by atoms with Gasteiger partial charge in [-0.1, -0.05) is 47.1 Å². The maximum atomic E-state index is 12.1. The van der Waals surface area contributed by atoms with Crippen molar-refractivity contribution in [2.45, 2.75) is 13.3 Å². The number of thiazole rings is 1. The number of halogens is 1. The molecule has 0 radical (unpaired) electrons. The minimum Gasteiger partial charge on any atom is -0.494 e. The predicted molar refractivity (Wildman–Crippen MR) is 115 cm³/mol. The molecule has 1 aromatic heterocycles. The number of carbonyl (C=O) groups excluding carboxylic acids is 1. The highest BCUT2D eigenvalue weighted by Crippen LogP contribution is 2.26. The summed E-state index contributed by atoms with van der Waals surface area (Å²) in [7, 11) is 0. The quantitative estimate of drug-likeness (QED) is 0.455. The molecule has 3 rings (SSSR count).